The van der Waals surface area contributed by atoms with Crippen molar-refractivity contribution in [3.05, 3.63) is 0 Å². The van der Waals surface area contributed by atoms with Crippen LogP contribution in [0.1, 0.15) is 46.5 Å². The van der Waals surface area contributed by atoms with Crippen LogP contribution in [-0.2, 0) is 0 Å². The maximum atomic E-state index is 9.29. The van der Waals surface area contributed by atoms with Gasteiger partial charge in [0.2, 0.25) is 0 Å². The van der Waals surface area contributed by atoms with Gasteiger partial charge in [-0.15, -0.1) is 0 Å². The van der Waals surface area contributed by atoms with Crippen LogP contribution in [0.25, 0.3) is 0 Å². The van der Waals surface area contributed by atoms with Gasteiger partial charge in [0.1, 0.15) is 0 Å². The molecule has 2 atom stereocenters. The average Bonchev–Trinajstić information content (AvgIpc) is 2.31. The van der Waals surface area contributed by atoms with E-state index in [2.05, 4.69) is 20.8 Å². The van der Waals surface area contributed by atoms with Gasteiger partial charge in [-0.25, -0.2) is 0 Å². The molecule has 0 aromatic heterocycles. The van der Waals surface area contributed by atoms with Gasteiger partial charge in [-0.3, -0.25) is 0 Å². The van der Waals surface area contributed by atoms with Crippen LogP contribution in [0.3, 0.4) is 0 Å². The van der Waals surface area contributed by atoms with E-state index in [1.807, 2.05) is 0 Å². The molecule has 1 aliphatic rings. The minimum absolute atomic E-state index is 0.196. The van der Waals surface area contributed by atoms with Gasteiger partial charge < -0.3 is 5.11 Å². The lowest BCUT2D eigenvalue weighted by Gasteiger charge is -2.39. The Morgan fingerprint density at radius 2 is 1.73 bits per heavy atom. The SMILES string of the molecule is CC[C@]1(C)CCC[C@]1(C)CO. The van der Waals surface area contributed by atoms with Crippen molar-refractivity contribution >= 4 is 0 Å². The molecule has 1 fully saturated rings. The maximum absolute atomic E-state index is 9.29. The molecule has 1 aliphatic carbocycles. The highest BCUT2D eigenvalue weighted by Crippen LogP contribution is 2.54. The van der Waals surface area contributed by atoms with Crippen LogP contribution >= 0.6 is 0 Å². The zero-order valence-electron chi connectivity index (χ0n) is 7.98. The largest absolute Gasteiger partial charge is 0.396 e. The molecule has 11 heavy (non-hydrogen) atoms. The van der Waals surface area contributed by atoms with Crippen molar-refractivity contribution in [2.24, 2.45) is 10.8 Å². The van der Waals surface area contributed by atoms with Gasteiger partial charge in [0.05, 0.1) is 0 Å². The molecule has 0 bridgehead atoms. The first-order valence-corrected chi connectivity index (χ1v) is 4.69. The number of rotatable bonds is 2. The summed E-state index contributed by atoms with van der Waals surface area (Å²) in [4.78, 5) is 0. The molecule has 0 spiro atoms. The average molecular weight is 156 g/mol. The Morgan fingerprint density at radius 1 is 1.18 bits per heavy atom. The van der Waals surface area contributed by atoms with Gasteiger partial charge in [-0.05, 0) is 23.7 Å². The highest BCUT2D eigenvalue weighted by atomic mass is 16.3. The van der Waals surface area contributed by atoms with Gasteiger partial charge in [-0.2, -0.15) is 0 Å². The third-order valence-corrected chi connectivity index (χ3v) is 4.04. The van der Waals surface area contributed by atoms with Crippen molar-refractivity contribution in [2.75, 3.05) is 6.61 Å². The first kappa shape index (κ1) is 9.05. The highest BCUT2D eigenvalue weighted by molar-refractivity contribution is 4.96. The fourth-order valence-corrected chi connectivity index (χ4v) is 2.35. The van der Waals surface area contributed by atoms with Gasteiger partial charge in [0.15, 0.2) is 0 Å². The number of aliphatic hydroxyl groups excluding tert-OH is 1. The summed E-state index contributed by atoms with van der Waals surface area (Å²) in [5, 5.41) is 9.29. The molecule has 0 aliphatic heterocycles. The molecular formula is C10H20O. The topological polar surface area (TPSA) is 20.2 Å². The molecule has 0 unspecified atom stereocenters. The summed E-state index contributed by atoms with van der Waals surface area (Å²) in [7, 11) is 0. The summed E-state index contributed by atoms with van der Waals surface area (Å²) < 4.78 is 0. The molecular weight excluding hydrogens is 136 g/mol. The summed E-state index contributed by atoms with van der Waals surface area (Å²) in [6.45, 7) is 7.14. The number of aliphatic hydroxyl groups is 1. The zero-order chi connectivity index (χ0) is 8.54. The Labute approximate surface area is 69.8 Å². The fraction of sp³-hybridized carbons (Fsp3) is 1.00. The Hall–Kier alpha value is -0.0400. The normalized spacial score (nSPS) is 44.7. The Morgan fingerprint density at radius 3 is 2.09 bits per heavy atom. The highest BCUT2D eigenvalue weighted by Gasteiger charge is 2.46. The molecule has 1 N–H and O–H groups in total. The van der Waals surface area contributed by atoms with E-state index in [0.717, 1.165) is 0 Å². The van der Waals surface area contributed by atoms with Crippen molar-refractivity contribution < 1.29 is 5.11 Å². The summed E-state index contributed by atoms with van der Waals surface area (Å²) in [5.41, 5.74) is 0.587. The van der Waals surface area contributed by atoms with Crippen LogP contribution in [0, 0.1) is 10.8 Å². The fourth-order valence-electron chi connectivity index (χ4n) is 2.35. The van der Waals surface area contributed by atoms with Gasteiger partial charge in [0.25, 0.3) is 0 Å². The Bertz CT molecular complexity index is 128. The molecule has 0 heterocycles. The zero-order valence-corrected chi connectivity index (χ0v) is 7.98. The van der Waals surface area contributed by atoms with Crippen molar-refractivity contribution in [3.63, 3.8) is 0 Å². The third kappa shape index (κ3) is 1.20. The second-order valence-corrected chi connectivity index (χ2v) is 4.49. The maximum Gasteiger partial charge on any atom is 0.0489 e. The lowest BCUT2D eigenvalue weighted by molar-refractivity contribution is 0.0337. The van der Waals surface area contributed by atoms with Crippen LogP contribution in [0.5, 0.6) is 0 Å². The molecule has 1 rings (SSSR count). The van der Waals surface area contributed by atoms with E-state index in [1.165, 1.54) is 25.7 Å². The first-order valence-electron chi connectivity index (χ1n) is 4.69. The smallest absolute Gasteiger partial charge is 0.0489 e. The van der Waals surface area contributed by atoms with Crippen molar-refractivity contribution in [3.8, 4) is 0 Å². The van der Waals surface area contributed by atoms with Crippen LogP contribution in [0.15, 0.2) is 0 Å². The van der Waals surface area contributed by atoms with Crippen LogP contribution in [-0.4, -0.2) is 11.7 Å². The van der Waals surface area contributed by atoms with E-state index < -0.39 is 0 Å². The van der Waals surface area contributed by atoms with Crippen molar-refractivity contribution in [1.29, 1.82) is 0 Å². The molecule has 0 saturated heterocycles. The van der Waals surface area contributed by atoms with E-state index in [-0.39, 0.29) is 5.41 Å². The second kappa shape index (κ2) is 2.78. The molecule has 0 radical (unpaired) electrons. The molecule has 1 saturated carbocycles. The molecule has 0 aromatic rings. The molecule has 1 nitrogen and oxygen atoms in total. The van der Waals surface area contributed by atoms with E-state index >= 15 is 0 Å². The minimum atomic E-state index is 0.196. The number of hydrogen-bond acceptors (Lipinski definition) is 1. The lowest BCUT2D eigenvalue weighted by atomic mass is 9.67. The molecule has 66 valence electrons. The summed E-state index contributed by atoms with van der Waals surface area (Å²) in [6.07, 6.45) is 4.99. The predicted octanol–water partition coefficient (Wildman–Crippen LogP) is 2.59. The summed E-state index contributed by atoms with van der Waals surface area (Å²) in [5.74, 6) is 0. The second-order valence-electron chi connectivity index (χ2n) is 4.49. The monoisotopic (exact) mass is 156 g/mol. The Kier molecular flexibility index (Phi) is 2.29. The van der Waals surface area contributed by atoms with Crippen LogP contribution < -0.4 is 0 Å². The van der Waals surface area contributed by atoms with Crippen molar-refractivity contribution in [1.82, 2.24) is 0 Å². The van der Waals surface area contributed by atoms with E-state index in [9.17, 15) is 5.11 Å². The van der Waals surface area contributed by atoms with Crippen LogP contribution in [0.2, 0.25) is 0 Å². The third-order valence-electron chi connectivity index (χ3n) is 4.04. The van der Waals surface area contributed by atoms with Gasteiger partial charge in [-0.1, -0.05) is 33.6 Å². The lowest BCUT2D eigenvalue weighted by Crippen LogP contribution is -2.35. The van der Waals surface area contributed by atoms with Crippen molar-refractivity contribution in [2.45, 2.75) is 46.5 Å². The first-order chi connectivity index (χ1) is 5.08. The Balaban J connectivity index is 2.79. The molecule has 0 amide bonds. The van der Waals surface area contributed by atoms with E-state index in [0.29, 0.717) is 12.0 Å². The summed E-state index contributed by atoms with van der Waals surface area (Å²) in [6, 6.07) is 0. The number of hydrogen-bond donors (Lipinski definition) is 1. The molecule has 0 aromatic carbocycles. The van der Waals surface area contributed by atoms with Gasteiger partial charge >= 0.3 is 0 Å². The van der Waals surface area contributed by atoms with Crippen LogP contribution in [0.4, 0.5) is 0 Å². The predicted molar refractivity (Wildman–Crippen MR) is 47.4 cm³/mol. The minimum Gasteiger partial charge on any atom is -0.396 e. The van der Waals surface area contributed by atoms with E-state index in [4.69, 9.17) is 0 Å². The standard InChI is InChI=1S/C10H20O/c1-4-9(2)6-5-7-10(9,3)8-11/h11H,4-8H2,1-3H3/t9-,10-/m1/s1. The molecule has 1 heteroatoms. The summed E-state index contributed by atoms with van der Waals surface area (Å²) >= 11 is 0. The van der Waals surface area contributed by atoms with E-state index in [1.54, 1.807) is 0 Å². The van der Waals surface area contributed by atoms with Gasteiger partial charge in [0, 0.05) is 6.61 Å². The quantitative estimate of drug-likeness (QED) is 0.651.